The molecular formula is C30H51N5O6. The molecule has 1 aliphatic heterocycles. The van der Waals surface area contributed by atoms with E-state index in [1.807, 2.05) is 41.5 Å². The fourth-order valence-electron chi connectivity index (χ4n) is 4.60. The number of urea groups is 2. The number of anilines is 1. The third kappa shape index (κ3) is 11.0. The first-order valence-corrected chi connectivity index (χ1v) is 14.8. The largest absolute Gasteiger partial charge is 0.490 e. The van der Waals surface area contributed by atoms with Crippen LogP contribution < -0.4 is 20.7 Å². The average Bonchev–Trinajstić information content (AvgIpc) is 2.89. The first-order valence-electron chi connectivity index (χ1n) is 14.8. The number of fused-ring (bicyclic) bond motifs is 1. The lowest BCUT2D eigenvalue weighted by Crippen LogP contribution is -2.49. The average molecular weight is 578 g/mol. The molecule has 4 N–H and O–H groups in total. The highest BCUT2D eigenvalue weighted by molar-refractivity contribution is 5.99. The first-order chi connectivity index (χ1) is 19.3. The van der Waals surface area contributed by atoms with E-state index in [0.717, 1.165) is 19.3 Å². The Balaban J connectivity index is 2.44. The van der Waals surface area contributed by atoms with Gasteiger partial charge in [0.2, 0.25) is 0 Å². The normalized spacial score (nSPS) is 21.4. The summed E-state index contributed by atoms with van der Waals surface area (Å²) >= 11 is 0. The van der Waals surface area contributed by atoms with Gasteiger partial charge < -0.3 is 40.3 Å². The SMILES string of the molecule is CC(C)NC(=O)Nc1ccc2c(c1)C(=O)N([C@H](C)CO)C[C@H](C)[C@H](CN(C)C(=O)NC(C)C)OCCCC[C@H](C)O2. The summed E-state index contributed by atoms with van der Waals surface area (Å²) in [6.07, 6.45) is 1.98. The predicted octanol–water partition coefficient (Wildman–Crippen LogP) is 4.06. The monoisotopic (exact) mass is 577 g/mol. The molecule has 0 aliphatic carbocycles. The van der Waals surface area contributed by atoms with E-state index in [4.69, 9.17) is 9.47 Å². The predicted molar refractivity (Wildman–Crippen MR) is 160 cm³/mol. The number of amides is 5. The van der Waals surface area contributed by atoms with Gasteiger partial charge in [0.25, 0.3) is 5.91 Å². The minimum absolute atomic E-state index is 0.00547. The van der Waals surface area contributed by atoms with Crippen LogP contribution in [0.3, 0.4) is 0 Å². The number of carbonyl (C=O) groups is 3. The summed E-state index contributed by atoms with van der Waals surface area (Å²) in [6, 6.07) is 3.95. The van der Waals surface area contributed by atoms with Gasteiger partial charge in [0.15, 0.2) is 0 Å². The van der Waals surface area contributed by atoms with Crippen LogP contribution in [-0.2, 0) is 4.74 Å². The Hall–Kier alpha value is -3.05. The number of hydrogen-bond acceptors (Lipinski definition) is 6. The number of nitrogens with zero attached hydrogens (tertiary/aromatic N) is 2. The summed E-state index contributed by atoms with van der Waals surface area (Å²) in [4.78, 5) is 42.3. The molecule has 0 fully saturated rings. The molecule has 0 radical (unpaired) electrons. The maximum atomic E-state index is 14.1. The van der Waals surface area contributed by atoms with Crippen LogP contribution >= 0.6 is 0 Å². The van der Waals surface area contributed by atoms with Crippen LogP contribution in [0.15, 0.2) is 18.2 Å². The van der Waals surface area contributed by atoms with Crippen molar-refractivity contribution in [3.63, 3.8) is 0 Å². The molecule has 2 rings (SSSR count). The van der Waals surface area contributed by atoms with Crippen molar-refractivity contribution in [3.05, 3.63) is 23.8 Å². The van der Waals surface area contributed by atoms with E-state index >= 15 is 0 Å². The highest BCUT2D eigenvalue weighted by Crippen LogP contribution is 2.28. The van der Waals surface area contributed by atoms with Crippen LogP contribution in [0.1, 0.15) is 78.1 Å². The van der Waals surface area contributed by atoms with E-state index in [9.17, 15) is 19.5 Å². The molecule has 0 aromatic heterocycles. The van der Waals surface area contributed by atoms with Crippen molar-refractivity contribution in [3.8, 4) is 5.75 Å². The smallest absolute Gasteiger partial charge is 0.319 e. The van der Waals surface area contributed by atoms with Gasteiger partial charge in [-0.25, -0.2) is 9.59 Å². The molecule has 232 valence electrons. The van der Waals surface area contributed by atoms with E-state index in [1.165, 1.54) is 0 Å². The van der Waals surface area contributed by atoms with Gasteiger partial charge in [-0.05, 0) is 79.0 Å². The van der Waals surface area contributed by atoms with E-state index in [2.05, 4.69) is 16.0 Å². The lowest BCUT2D eigenvalue weighted by atomic mass is 10.0. The molecule has 4 atom stereocenters. The molecule has 1 heterocycles. The molecule has 1 aromatic carbocycles. The van der Waals surface area contributed by atoms with Crippen LogP contribution in [0.25, 0.3) is 0 Å². The zero-order chi connectivity index (χ0) is 30.7. The molecule has 41 heavy (non-hydrogen) atoms. The van der Waals surface area contributed by atoms with Gasteiger partial charge in [0.1, 0.15) is 5.75 Å². The third-order valence-electron chi connectivity index (χ3n) is 6.94. The molecule has 0 unspecified atom stereocenters. The van der Waals surface area contributed by atoms with Crippen LogP contribution in [-0.4, -0.2) is 96.6 Å². The second-order valence-corrected chi connectivity index (χ2v) is 11.7. The Morgan fingerprint density at radius 3 is 2.41 bits per heavy atom. The Kier molecular flexibility index (Phi) is 13.7. The first kappa shape index (κ1) is 34.2. The van der Waals surface area contributed by atoms with Crippen molar-refractivity contribution < 1.29 is 29.0 Å². The molecule has 11 heteroatoms. The van der Waals surface area contributed by atoms with Crippen molar-refractivity contribution in [2.45, 2.75) is 98.1 Å². The highest BCUT2D eigenvalue weighted by Gasteiger charge is 2.31. The van der Waals surface area contributed by atoms with Crippen LogP contribution in [0.5, 0.6) is 5.75 Å². The summed E-state index contributed by atoms with van der Waals surface area (Å²) in [5, 5.41) is 18.6. The number of nitrogens with one attached hydrogen (secondary N) is 3. The number of carbonyl (C=O) groups excluding carboxylic acids is 3. The lowest BCUT2D eigenvalue weighted by Gasteiger charge is -2.36. The number of aliphatic hydroxyl groups is 1. The van der Waals surface area contributed by atoms with Gasteiger partial charge in [0.05, 0.1) is 30.4 Å². The van der Waals surface area contributed by atoms with Gasteiger partial charge >= 0.3 is 12.1 Å². The fraction of sp³-hybridized carbons (Fsp3) is 0.700. The summed E-state index contributed by atoms with van der Waals surface area (Å²) in [5.74, 6) is -0.0584. The van der Waals surface area contributed by atoms with Crippen LogP contribution in [0.2, 0.25) is 0 Å². The summed E-state index contributed by atoms with van der Waals surface area (Å²) < 4.78 is 12.5. The maximum absolute atomic E-state index is 14.1. The third-order valence-corrected chi connectivity index (χ3v) is 6.94. The zero-order valence-electron chi connectivity index (χ0n) is 26.0. The summed E-state index contributed by atoms with van der Waals surface area (Å²) in [5.41, 5.74) is 0.755. The van der Waals surface area contributed by atoms with Gasteiger partial charge in [-0.3, -0.25) is 4.79 Å². The van der Waals surface area contributed by atoms with Gasteiger partial charge in [-0.2, -0.15) is 0 Å². The standard InChI is InChI=1S/C30H51N5O6/c1-19(2)31-29(38)33-24-12-13-26-25(15-24)28(37)35(22(6)18-36)16-21(5)27(17-34(8)30(39)32-20(3)4)40-14-10-9-11-23(7)41-26/h12-13,15,19-23,27,36H,9-11,14,16-18H2,1-8H3,(H,32,39)(H2,31,33,38)/t21-,22+,23-,27-/m0/s1. The number of rotatable bonds is 7. The molecule has 1 aliphatic rings. The topological polar surface area (TPSA) is 132 Å². The Morgan fingerprint density at radius 1 is 1.10 bits per heavy atom. The van der Waals surface area contributed by atoms with Gasteiger partial charge in [0, 0.05) is 50.4 Å². The molecule has 0 spiro atoms. The quantitative estimate of drug-likeness (QED) is 0.386. The zero-order valence-corrected chi connectivity index (χ0v) is 26.0. The Bertz CT molecular complexity index is 1000. The maximum Gasteiger partial charge on any atom is 0.319 e. The van der Waals surface area contributed by atoms with Crippen molar-refractivity contribution in [2.75, 3.05) is 38.7 Å². The minimum Gasteiger partial charge on any atom is -0.490 e. The van der Waals surface area contributed by atoms with E-state index < -0.39 is 6.04 Å². The van der Waals surface area contributed by atoms with E-state index in [1.54, 1.807) is 42.0 Å². The number of hydrogen-bond donors (Lipinski definition) is 4. The fourth-order valence-corrected chi connectivity index (χ4v) is 4.60. The number of likely N-dealkylation sites (N-methyl/N-ethyl adjacent to an activating group) is 1. The van der Waals surface area contributed by atoms with E-state index in [0.29, 0.717) is 30.2 Å². The molecule has 1 aromatic rings. The summed E-state index contributed by atoms with van der Waals surface area (Å²) in [6.45, 7) is 14.2. The van der Waals surface area contributed by atoms with E-state index in [-0.39, 0.29) is 61.3 Å². The van der Waals surface area contributed by atoms with Crippen molar-refractivity contribution in [1.82, 2.24) is 20.4 Å². The molecule has 11 nitrogen and oxygen atoms in total. The lowest BCUT2D eigenvalue weighted by molar-refractivity contribution is -0.0122. The van der Waals surface area contributed by atoms with Crippen LogP contribution in [0, 0.1) is 5.92 Å². The number of aliphatic hydroxyl groups excluding tert-OH is 1. The minimum atomic E-state index is -0.494. The van der Waals surface area contributed by atoms with Crippen molar-refractivity contribution >= 4 is 23.7 Å². The second kappa shape index (κ2) is 16.4. The van der Waals surface area contributed by atoms with Crippen LogP contribution in [0.4, 0.5) is 15.3 Å². The Labute approximate surface area is 245 Å². The molecule has 0 saturated heterocycles. The summed E-state index contributed by atoms with van der Waals surface area (Å²) in [7, 11) is 1.73. The van der Waals surface area contributed by atoms with Gasteiger partial charge in [-0.1, -0.05) is 6.92 Å². The number of ether oxygens (including phenoxy) is 2. The van der Waals surface area contributed by atoms with Crippen molar-refractivity contribution in [1.29, 1.82) is 0 Å². The Morgan fingerprint density at radius 2 is 1.78 bits per heavy atom. The molecule has 5 amide bonds. The molecule has 0 bridgehead atoms. The van der Waals surface area contributed by atoms with Gasteiger partial charge in [-0.15, -0.1) is 0 Å². The molecular weight excluding hydrogens is 526 g/mol. The number of benzene rings is 1. The molecule has 0 saturated carbocycles. The second-order valence-electron chi connectivity index (χ2n) is 11.7. The highest BCUT2D eigenvalue weighted by atomic mass is 16.5. The van der Waals surface area contributed by atoms with Crippen molar-refractivity contribution in [2.24, 2.45) is 5.92 Å².